The Morgan fingerprint density at radius 1 is 1.24 bits per heavy atom. The van der Waals surface area contributed by atoms with Crippen LogP contribution in [0.2, 0.25) is 0 Å². The molecule has 1 unspecified atom stereocenters. The molecule has 0 aliphatic heterocycles. The molecule has 1 atom stereocenters. The van der Waals surface area contributed by atoms with Crippen LogP contribution >= 0.6 is 22.6 Å². The van der Waals surface area contributed by atoms with Gasteiger partial charge < -0.3 is 0 Å². The van der Waals surface area contributed by atoms with E-state index in [4.69, 9.17) is 0 Å². The zero-order valence-electron chi connectivity index (χ0n) is 10.3. The quantitative estimate of drug-likeness (QED) is 0.626. The van der Waals surface area contributed by atoms with Gasteiger partial charge in [0.1, 0.15) is 0 Å². The summed E-state index contributed by atoms with van der Waals surface area (Å²) in [6, 6.07) is 6.61. The minimum Gasteiger partial charge on any atom is -0.220 e. The number of rotatable bonds is 3. The fraction of sp³-hybridized carbons (Fsp3) is 0.385. The van der Waals surface area contributed by atoms with Gasteiger partial charge in [-0.15, -0.1) is 5.10 Å². The summed E-state index contributed by atoms with van der Waals surface area (Å²) in [6.07, 6.45) is 3.60. The Morgan fingerprint density at radius 3 is 2.53 bits per heavy atom. The van der Waals surface area contributed by atoms with E-state index in [0.717, 1.165) is 5.69 Å². The van der Waals surface area contributed by atoms with Gasteiger partial charge in [-0.05, 0) is 30.0 Å². The third-order valence-corrected chi connectivity index (χ3v) is 3.49. The fourth-order valence-electron chi connectivity index (χ4n) is 1.79. The first-order chi connectivity index (χ1) is 8.09. The van der Waals surface area contributed by atoms with Gasteiger partial charge in [-0.1, -0.05) is 53.8 Å². The van der Waals surface area contributed by atoms with E-state index in [2.05, 4.69) is 71.9 Å². The highest BCUT2D eigenvalue weighted by Crippen LogP contribution is 2.30. The van der Waals surface area contributed by atoms with Crippen LogP contribution in [0.15, 0.2) is 30.6 Å². The Kier molecular flexibility index (Phi) is 3.81. The van der Waals surface area contributed by atoms with E-state index in [1.807, 2.05) is 10.9 Å². The lowest BCUT2D eigenvalue weighted by atomic mass is 9.99. The Hall–Kier alpha value is -0.910. The first kappa shape index (κ1) is 12.5. The maximum atomic E-state index is 4.09. The Labute approximate surface area is 115 Å². The Bertz CT molecular complexity index is 489. The molecule has 1 aromatic carbocycles. The molecule has 0 saturated heterocycles. The largest absolute Gasteiger partial charge is 0.220 e. The standard InChI is InChI=1S/C13H16IN3/c1-9(2)11-4-5-12(10(3)14)13(8-11)17-7-6-15-16-17/h4-10H,1-3H3. The molecule has 2 rings (SSSR count). The number of alkyl halides is 1. The van der Waals surface area contributed by atoms with Crippen LogP contribution in [-0.4, -0.2) is 15.0 Å². The molecule has 0 bridgehead atoms. The lowest BCUT2D eigenvalue weighted by molar-refractivity contribution is 0.786. The van der Waals surface area contributed by atoms with Gasteiger partial charge in [0.25, 0.3) is 0 Å². The smallest absolute Gasteiger partial charge is 0.0708 e. The molecule has 0 saturated carbocycles. The maximum Gasteiger partial charge on any atom is 0.0708 e. The Morgan fingerprint density at radius 2 is 2.00 bits per heavy atom. The third-order valence-electron chi connectivity index (χ3n) is 2.82. The van der Waals surface area contributed by atoms with Gasteiger partial charge >= 0.3 is 0 Å². The second kappa shape index (κ2) is 5.16. The van der Waals surface area contributed by atoms with E-state index in [1.165, 1.54) is 11.1 Å². The molecular weight excluding hydrogens is 325 g/mol. The van der Waals surface area contributed by atoms with Gasteiger partial charge in [0.2, 0.25) is 0 Å². The SMILES string of the molecule is CC(C)c1ccc(C(C)I)c(-n2ccnn2)c1. The number of nitrogens with zero attached hydrogens (tertiary/aromatic N) is 3. The van der Waals surface area contributed by atoms with Crippen LogP contribution in [0.1, 0.15) is 41.7 Å². The molecule has 0 aliphatic rings. The highest BCUT2D eigenvalue weighted by Gasteiger charge is 2.12. The van der Waals surface area contributed by atoms with Crippen molar-refractivity contribution in [3.8, 4) is 5.69 Å². The summed E-state index contributed by atoms with van der Waals surface area (Å²) in [7, 11) is 0. The number of hydrogen-bond donors (Lipinski definition) is 0. The maximum absolute atomic E-state index is 4.09. The topological polar surface area (TPSA) is 30.7 Å². The molecule has 0 aliphatic carbocycles. The minimum absolute atomic E-state index is 0.452. The molecule has 0 spiro atoms. The predicted octanol–water partition coefficient (Wildman–Crippen LogP) is 3.89. The molecule has 17 heavy (non-hydrogen) atoms. The van der Waals surface area contributed by atoms with Crippen LogP contribution in [0.5, 0.6) is 0 Å². The second-order valence-corrected chi connectivity index (χ2v) is 6.31. The van der Waals surface area contributed by atoms with Crippen molar-refractivity contribution in [3.63, 3.8) is 0 Å². The zero-order chi connectivity index (χ0) is 12.4. The van der Waals surface area contributed by atoms with Crippen molar-refractivity contribution in [1.82, 2.24) is 15.0 Å². The van der Waals surface area contributed by atoms with Crippen LogP contribution in [0.25, 0.3) is 5.69 Å². The molecule has 0 N–H and O–H groups in total. The third kappa shape index (κ3) is 2.68. The first-order valence-corrected chi connectivity index (χ1v) is 6.98. The molecule has 0 fully saturated rings. The fourth-order valence-corrected chi connectivity index (χ4v) is 2.32. The Balaban J connectivity index is 2.56. The molecule has 0 amide bonds. The van der Waals surface area contributed by atoms with Crippen molar-refractivity contribution in [3.05, 3.63) is 41.7 Å². The van der Waals surface area contributed by atoms with E-state index in [0.29, 0.717) is 9.84 Å². The first-order valence-electron chi connectivity index (χ1n) is 5.74. The van der Waals surface area contributed by atoms with E-state index in [-0.39, 0.29) is 0 Å². The number of hydrogen-bond acceptors (Lipinski definition) is 2. The number of halogens is 1. The molecule has 4 heteroatoms. The minimum atomic E-state index is 0.452. The summed E-state index contributed by atoms with van der Waals surface area (Å²) < 4.78 is 2.30. The average Bonchev–Trinajstić information content (AvgIpc) is 2.81. The average molecular weight is 341 g/mol. The molecule has 1 aromatic heterocycles. The van der Waals surface area contributed by atoms with Crippen LogP contribution in [0.3, 0.4) is 0 Å². The van der Waals surface area contributed by atoms with E-state index >= 15 is 0 Å². The molecule has 3 nitrogen and oxygen atoms in total. The lowest BCUT2D eigenvalue weighted by Crippen LogP contribution is -2.03. The highest BCUT2D eigenvalue weighted by molar-refractivity contribution is 14.1. The van der Waals surface area contributed by atoms with E-state index in [1.54, 1.807) is 6.20 Å². The van der Waals surface area contributed by atoms with Gasteiger partial charge in [-0.2, -0.15) is 0 Å². The molecule has 0 radical (unpaired) electrons. The second-order valence-electron chi connectivity index (χ2n) is 4.44. The van der Waals surface area contributed by atoms with Crippen LogP contribution in [0, 0.1) is 0 Å². The van der Waals surface area contributed by atoms with Gasteiger partial charge in [0.05, 0.1) is 18.1 Å². The summed E-state index contributed by atoms with van der Waals surface area (Å²) in [5.41, 5.74) is 3.76. The van der Waals surface area contributed by atoms with Crippen molar-refractivity contribution in [2.45, 2.75) is 30.6 Å². The summed E-state index contributed by atoms with van der Waals surface area (Å²) in [5.74, 6) is 0.524. The van der Waals surface area contributed by atoms with Crippen LogP contribution in [-0.2, 0) is 0 Å². The summed E-state index contributed by atoms with van der Waals surface area (Å²) in [4.78, 5) is 0. The van der Waals surface area contributed by atoms with Gasteiger partial charge in [-0.25, -0.2) is 4.68 Å². The molecular formula is C13H16IN3. The lowest BCUT2D eigenvalue weighted by Gasteiger charge is -2.14. The van der Waals surface area contributed by atoms with Crippen LogP contribution in [0.4, 0.5) is 0 Å². The van der Waals surface area contributed by atoms with Gasteiger partial charge in [-0.3, -0.25) is 0 Å². The highest BCUT2D eigenvalue weighted by atomic mass is 127. The molecule has 1 heterocycles. The van der Waals surface area contributed by atoms with E-state index < -0.39 is 0 Å². The predicted molar refractivity (Wildman–Crippen MR) is 77.9 cm³/mol. The van der Waals surface area contributed by atoms with Crippen molar-refractivity contribution in [2.24, 2.45) is 0 Å². The van der Waals surface area contributed by atoms with Crippen molar-refractivity contribution in [1.29, 1.82) is 0 Å². The molecule has 90 valence electrons. The number of benzene rings is 1. The normalized spacial score (nSPS) is 13.0. The van der Waals surface area contributed by atoms with Crippen LogP contribution < -0.4 is 0 Å². The summed E-state index contributed by atoms with van der Waals surface area (Å²) >= 11 is 2.43. The summed E-state index contributed by atoms with van der Waals surface area (Å²) in [6.45, 7) is 6.59. The van der Waals surface area contributed by atoms with Gasteiger partial charge in [0, 0.05) is 3.92 Å². The van der Waals surface area contributed by atoms with E-state index in [9.17, 15) is 0 Å². The van der Waals surface area contributed by atoms with Crippen molar-refractivity contribution < 1.29 is 0 Å². The van der Waals surface area contributed by atoms with Crippen molar-refractivity contribution >= 4 is 22.6 Å². The monoisotopic (exact) mass is 341 g/mol. The molecule has 2 aromatic rings. The van der Waals surface area contributed by atoms with Gasteiger partial charge in [0.15, 0.2) is 0 Å². The number of aromatic nitrogens is 3. The summed E-state index contributed by atoms with van der Waals surface area (Å²) in [5, 5.41) is 7.98. The zero-order valence-corrected chi connectivity index (χ0v) is 12.4. The van der Waals surface area contributed by atoms with Crippen molar-refractivity contribution in [2.75, 3.05) is 0 Å².